The minimum Gasteiger partial charge on any atom is -0.497 e. The third kappa shape index (κ3) is 3.70. The second kappa shape index (κ2) is 7.04. The van der Waals surface area contributed by atoms with E-state index in [0.717, 1.165) is 25.8 Å². The SMILES string of the molecule is COc1ccc(C(C)NCC2CCCCC2O)c(F)c1. The molecule has 1 saturated carbocycles. The Labute approximate surface area is 120 Å². The van der Waals surface area contributed by atoms with E-state index in [1.54, 1.807) is 12.1 Å². The fourth-order valence-electron chi connectivity index (χ4n) is 2.85. The lowest BCUT2D eigenvalue weighted by molar-refractivity contribution is 0.0683. The quantitative estimate of drug-likeness (QED) is 0.871. The van der Waals surface area contributed by atoms with Crippen molar-refractivity contribution in [3.63, 3.8) is 0 Å². The van der Waals surface area contributed by atoms with Gasteiger partial charge in [0, 0.05) is 24.2 Å². The van der Waals surface area contributed by atoms with Crippen LogP contribution in [0.15, 0.2) is 18.2 Å². The summed E-state index contributed by atoms with van der Waals surface area (Å²) >= 11 is 0. The van der Waals surface area contributed by atoms with Crippen molar-refractivity contribution >= 4 is 0 Å². The zero-order valence-electron chi connectivity index (χ0n) is 12.2. The number of aliphatic hydroxyl groups is 1. The molecule has 0 spiro atoms. The van der Waals surface area contributed by atoms with Gasteiger partial charge in [0.2, 0.25) is 0 Å². The smallest absolute Gasteiger partial charge is 0.131 e. The number of aliphatic hydroxyl groups excluding tert-OH is 1. The molecule has 20 heavy (non-hydrogen) atoms. The highest BCUT2D eigenvalue weighted by Gasteiger charge is 2.23. The van der Waals surface area contributed by atoms with Gasteiger partial charge in [0.25, 0.3) is 0 Å². The molecule has 3 nitrogen and oxygen atoms in total. The van der Waals surface area contributed by atoms with Crippen LogP contribution in [0.2, 0.25) is 0 Å². The van der Waals surface area contributed by atoms with Gasteiger partial charge in [-0.05, 0) is 31.7 Å². The Hall–Kier alpha value is -1.13. The van der Waals surface area contributed by atoms with Crippen molar-refractivity contribution in [3.8, 4) is 5.75 Å². The molecule has 2 rings (SSSR count). The van der Waals surface area contributed by atoms with E-state index in [4.69, 9.17) is 4.74 Å². The summed E-state index contributed by atoms with van der Waals surface area (Å²) in [4.78, 5) is 0. The molecular weight excluding hydrogens is 257 g/mol. The minimum atomic E-state index is -0.256. The average molecular weight is 281 g/mol. The summed E-state index contributed by atoms with van der Waals surface area (Å²) < 4.78 is 19.0. The number of benzene rings is 1. The van der Waals surface area contributed by atoms with E-state index in [1.165, 1.54) is 19.6 Å². The molecule has 0 aliphatic heterocycles. The first-order valence-corrected chi connectivity index (χ1v) is 7.36. The second-order valence-electron chi connectivity index (χ2n) is 5.63. The first-order valence-electron chi connectivity index (χ1n) is 7.36. The molecule has 1 aliphatic carbocycles. The predicted octanol–water partition coefficient (Wildman–Crippen LogP) is 3.04. The monoisotopic (exact) mass is 281 g/mol. The third-order valence-corrected chi connectivity index (χ3v) is 4.23. The zero-order valence-corrected chi connectivity index (χ0v) is 12.2. The van der Waals surface area contributed by atoms with Gasteiger partial charge >= 0.3 is 0 Å². The van der Waals surface area contributed by atoms with Crippen molar-refractivity contribution in [1.82, 2.24) is 5.32 Å². The Morgan fingerprint density at radius 3 is 2.80 bits per heavy atom. The van der Waals surface area contributed by atoms with Crippen LogP contribution < -0.4 is 10.1 Å². The van der Waals surface area contributed by atoms with Crippen molar-refractivity contribution in [2.24, 2.45) is 5.92 Å². The number of methoxy groups -OCH3 is 1. The van der Waals surface area contributed by atoms with Gasteiger partial charge in [0.1, 0.15) is 11.6 Å². The molecule has 0 bridgehead atoms. The molecule has 0 amide bonds. The highest BCUT2D eigenvalue weighted by Crippen LogP contribution is 2.26. The maximum atomic E-state index is 14.0. The molecule has 0 heterocycles. The molecule has 1 aliphatic rings. The van der Waals surface area contributed by atoms with Crippen LogP contribution in [0.25, 0.3) is 0 Å². The van der Waals surface area contributed by atoms with Gasteiger partial charge in [-0.3, -0.25) is 0 Å². The van der Waals surface area contributed by atoms with Crippen LogP contribution in [0.1, 0.15) is 44.2 Å². The molecule has 2 N–H and O–H groups in total. The Morgan fingerprint density at radius 1 is 1.40 bits per heavy atom. The molecule has 4 heteroatoms. The van der Waals surface area contributed by atoms with Crippen LogP contribution in [0, 0.1) is 11.7 Å². The molecule has 1 aromatic carbocycles. The van der Waals surface area contributed by atoms with Gasteiger partial charge in [-0.2, -0.15) is 0 Å². The summed E-state index contributed by atoms with van der Waals surface area (Å²) in [6.07, 6.45) is 4.00. The number of hydrogen-bond acceptors (Lipinski definition) is 3. The molecule has 1 fully saturated rings. The van der Waals surface area contributed by atoms with Crippen LogP contribution in [0.4, 0.5) is 4.39 Å². The molecule has 0 radical (unpaired) electrons. The van der Waals surface area contributed by atoms with Crippen LogP contribution in [0.3, 0.4) is 0 Å². The van der Waals surface area contributed by atoms with E-state index in [-0.39, 0.29) is 23.9 Å². The number of ether oxygens (including phenoxy) is 1. The molecule has 0 aromatic heterocycles. The highest BCUT2D eigenvalue weighted by atomic mass is 19.1. The van der Waals surface area contributed by atoms with Gasteiger partial charge in [0.15, 0.2) is 0 Å². The summed E-state index contributed by atoms with van der Waals surface area (Å²) in [5.74, 6) is 0.558. The van der Waals surface area contributed by atoms with Gasteiger partial charge < -0.3 is 15.2 Å². The predicted molar refractivity (Wildman–Crippen MR) is 77.3 cm³/mol. The molecular formula is C16H24FNO2. The molecule has 3 unspecified atom stereocenters. The van der Waals surface area contributed by atoms with Crippen LogP contribution in [0.5, 0.6) is 5.75 Å². The van der Waals surface area contributed by atoms with E-state index in [1.807, 2.05) is 6.92 Å². The third-order valence-electron chi connectivity index (χ3n) is 4.23. The molecule has 112 valence electrons. The molecule has 0 saturated heterocycles. The summed E-state index contributed by atoms with van der Waals surface area (Å²) in [6.45, 7) is 2.67. The van der Waals surface area contributed by atoms with Crippen LogP contribution in [-0.4, -0.2) is 24.9 Å². The molecule has 1 aromatic rings. The lowest BCUT2D eigenvalue weighted by Gasteiger charge is -2.29. The first-order chi connectivity index (χ1) is 9.61. The van der Waals surface area contributed by atoms with Gasteiger partial charge in [0.05, 0.1) is 13.2 Å². The fraction of sp³-hybridized carbons (Fsp3) is 0.625. The Balaban J connectivity index is 1.92. The minimum absolute atomic E-state index is 0.0740. The largest absolute Gasteiger partial charge is 0.497 e. The maximum absolute atomic E-state index is 14.0. The topological polar surface area (TPSA) is 41.5 Å². The van der Waals surface area contributed by atoms with Crippen molar-refractivity contribution in [3.05, 3.63) is 29.6 Å². The van der Waals surface area contributed by atoms with Gasteiger partial charge in [-0.15, -0.1) is 0 Å². The van der Waals surface area contributed by atoms with E-state index in [9.17, 15) is 9.50 Å². The maximum Gasteiger partial charge on any atom is 0.131 e. The normalized spacial score (nSPS) is 24.4. The van der Waals surface area contributed by atoms with Gasteiger partial charge in [-0.1, -0.05) is 18.9 Å². The van der Waals surface area contributed by atoms with Crippen molar-refractivity contribution in [2.45, 2.75) is 44.8 Å². The Bertz CT molecular complexity index is 438. The summed E-state index contributed by atoms with van der Waals surface area (Å²) in [5, 5.41) is 13.3. The number of nitrogens with one attached hydrogen (secondary N) is 1. The van der Waals surface area contributed by atoms with E-state index < -0.39 is 0 Å². The van der Waals surface area contributed by atoms with Crippen molar-refractivity contribution in [1.29, 1.82) is 0 Å². The number of hydrogen-bond donors (Lipinski definition) is 2. The van der Waals surface area contributed by atoms with E-state index in [0.29, 0.717) is 11.3 Å². The average Bonchev–Trinajstić information content (AvgIpc) is 2.46. The lowest BCUT2D eigenvalue weighted by Crippen LogP contribution is -2.35. The van der Waals surface area contributed by atoms with E-state index in [2.05, 4.69) is 5.32 Å². The van der Waals surface area contributed by atoms with E-state index >= 15 is 0 Å². The zero-order chi connectivity index (χ0) is 14.5. The second-order valence-corrected chi connectivity index (χ2v) is 5.63. The highest BCUT2D eigenvalue weighted by molar-refractivity contribution is 5.30. The number of halogens is 1. The first kappa shape index (κ1) is 15.3. The summed E-state index contributed by atoms with van der Waals surface area (Å²) in [6, 6.07) is 4.85. The lowest BCUT2D eigenvalue weighted by atomic mass is 9.86. The summed E-state index contributed by atoms with van der Waals surface area (Å²) in [7, 11) is 1.53. The number of rotatable bonds is 5. The molecule has 3 atom stereocenters. The van der Waals surface area contributed by atoms with Crippen molar-refractivity contribution in [2.75, 3.05) is 13.7 Å². The van der Waals surface area contributed by atoms with Crippen LogP contribution in [-0.2, 0) is 0 Å². The standard InChI is InChI=1S/C16H24FNO2/c1-11(14-8-7-13(20-2)9-15(14)17)18-10-12-5-3-4-6-16(12)19/h7-9,11-12,16,18-19H,3-6,10H2,1-2H3. The van der Waals surface area contributed by atoms with Crippen molar-refractivity contribution < 1.29 is 14.2 Å². The van der Waals surface area contributed by atoms with Crippen LogP contribution >= 0.6 is 0 Å². The fourth-order valence-corrected chi connectivity index (χ4v) is 2.85. The van der Waals surface area contributed by atoms with Gasteiger partial charge in [-0.25, -0.2) is 4.39 Å². The summed E-state index contributed by atoms with van der Waals surface area (Å²) in [5.41, 5.74) is 0.635. The Morgan fingerprint density at radius 2 is 2.15 bits per heavy atom. The Kier molecular flexibility index (Phi) is 5.38.